The molecule has 1 aliphatic rings. The number of ether oxygens (including phenoxy) is 2. The minimum absolute atomic E-state index is 0.235. The van der Waals surface area contributed by atoms with Crippen molar-refractivity contribution in [3.8, 4) is 11.5 Å². The van der Waals surface area contributed by atoms with Gasteiger partial charge in [0.05, 0.1) is 5.56 Å². The molecule has 0 saturated carbocycles. The minimum Gasteiger partial charge on any atom is -0.486 e. The molecule has 0 unspecified atom stereocenters. The SMILES string of the molecule is O=C(Nc1ccc2c(c1)OCCO2)c1cnc(NCCc2ccccc2F)nc1. The summed E-state index contributed by atoms with van der Waals surface area (Å²) < 4.78 is 24.6. The Morgan fingerprint density at radius 2 is 1.79 bits per heavy atom. The van der Waals surface area contributed by atoms with Gasteiger partial charge in [-0.1, -0.05) is 18.2 Å². The molecular weight excluding hydrogens is 375 g/mol. The second-order valence-electron chi connectivity index (χ2n) is 6.38. The second-order valence-corrected chi connectivity index (χ2v) is 6.38. The summed E-state index contributed by atoms with van der Waals surface area (Å²) in [6, 6.07) is 11.8. The van der Waals surface area contributed by atoms with Crippen molar-refractivity contribution >= 4 is 17.5 Å². The lowest BCUT2D eigenvalue weighted by molar-refractivity contribution is 0.102. The number of hydrogen-bond donors (Lipinski definition) is 2. The van der Waals surface area contributed by atoms with Gasteiger partial charge >= 0.3 is 0 Å². The number of nitrogens with zero attached hydrogens (tertiary/aromatic N) is 2. The molecule has 2 heterocycles. The quantitative estimate of drug-likeness (QED) is 0.667. The fourth-order valence-corrected chi connectivity index (χ4v) is 2.87. The summed E-state index contributed by atoms with van der Waals surface area (Å²) in [5, 5.41) is 5.80. The molecule has 0 aliphatic carbocycles. The molecule has 2 N–H and O–H groups in total. The number of amides is 1. The van der Waals surface area contributed by atoms with E-state index in [0.29, 0.717) is 60.4 Å². The van der Waals surface area contributed by atoms with Gasteiger partial charge in [-0.2, -0.15) is 0 Å². The number of anilines is 2. The van der Waals surface area contributed by atoms with Gasteiger partial charge in [0, 0.05) is 30.7 Å². The molecule has 0 radical (unpaired) electrons. The predicted molar refractivity (Wildman–Crippen MR) is 106 cm³/mol. The molecule has 1 aromatic heterocycles. The van der Waals surface area contributed by atoms with Crippen LogP contribution in [0, 0.1) is 5.82 Å². The van der Waals surface area contributed by atoms with E-state index in [0.717, 1.165) is 0 Å². The summed E-state index contributed by atoms with van der Waals surface area (Å²) in [6.07, 6.45) is 3.37. The number of carbonyl (C=O) groups is 1. The van der Waals surface area contributed by atoms with Crippen molar-refractivity contribution < 1.29 is 18.7 Å². The Labute approximate surface area is 166 Å². The lowest BCUT2D eigenvalue weighted by Crippen LogP contribution is -2.17. The average Bonchev–Trinajstić information content (AvgIpc) is 2.75. The summed E-state index contributed by atoms with van der Waals surface area (Å²) in [5.41, 5.74) is 1.53. The first-order valence-electron chi connectivity index (χ1n) is 9.19. The summed E-state index contributed by atoms with van der Waals surface area (Å²) in [5.74, 6) is 1.06. The second kappa shape index (κ2) is 8.55. The maximum Gasteiger partial charge on any atom is 0.258 e. The number of carbonyl (C=O) groups excluding carboxylic acids is 1. The number of halogens is 1. The van der Waals surface area contributed by atoms with E-state index in [2.05, 4.69) is 20.6 Å². The largest absolute Gasteiger partial charge is 0.486 e. The van der Waals surface area contributed by atoms with Crippen LogP contribution in [0.5, 0.6) is 11.5 Å². The minimum atomic E-state index is -0.334. The fourth-order valence-electron chi connectivity index (χ4n) is 2.87. The molecule has 29 heavy (non-hydrogen) atoms. The van der Waals surface area contributed by atoms with Gasteiger partial charge in [-0.15, -0.1) is 0 Å². The van der Waals surface area contributed by atoms with Gasteiger partial charge in [-0.3, -0.25) is 4.79 Å². The van der Waals surface area contributed by atoms with Crippen molar-refractivity contribution in [2.45, 2.75) is 6.42 Å². The van der Waals surface area contributed by atoms with Crippen LogP contribution in [0.4, 0.5) is 16.0 Å². The van der Waals surface area contributed by atoms with E-state index in [9.17, 15) is 9.18 Å². The highest BCUT2D eigenvalue weighted by molar-refractivity contribution is 6.04. The van der Waals surface area contributed by atoms with Crippen LogP contribution in [0.3, 0.4) is 0 Å². The van der Waals surface area contributed by atoms with Gasteiger partial charge in [0.2, 0.25) is 5.95 Å². The molecule has 4 rings (SSSR count). The van der Waals surface area contributed by atoms with Crippen LogP contribution in [-0.4, -0.2) is 35.6 Å². The molecule has 0 saturated heterocycles. The van der Waals surface area contributed by atoms with Crippen LogP contribution >= 0.6 is 0 Å². The van der Waals surface area contributed by atoms with Crippen LogP contribution in [0.1, 0.15) is 15.9 Å². The number of benzene rings is 2. The highest BCUT2D eigenvalue weighted by Crippen LogP contribution is 2.32. The Morgan fingerprint density at radius 1 is 1.03 bits per heavy atom. The van der Waals surface area contributed by atoms with Gasteiger partial charge in [0.25, 0.3) is 5.91 Å². The van der Waals surface area contributed by atoms with E-state index >= 15 is 0 Å². The molecule has 8 heteroatoms. The van der Waals surface area contributed by atoms with Crippen LogP contribution in [0.15, 0.2) is 54.9 Å². The maximum absolute atomic E-state index is 13.6. The first kappa shape index (κ1) is 18.7. The number of fused-ring (bicyclic) bond motifs is 1. The molecule has 0 bridgehead atoms. The Morgan fingerprint density at radius 3 is 2.59 bits per heavy atom. The number of rotatable bonds is 6. The Bertz CT molecular complexity index is 1010. The van der Waals surface area contributed by atoms with Crippen molar-refractivity contribution in [1.82, 2.24) is 9.97 Å². The third-order valence-electron chi connectivity index (χ3n) is 4.35. The summed E-state index contributed by atoms with van der Waals surface area (Å²) in [7, 11) is 0. The lowest BCUT2D eigenvalue weighted by Gasteiger charge is -2.19. The monoisotopic (exact) mass is 394 g/mol. The van der Waals surface area contributed by atoms with E-state index in [-0.39, 0.29) is 11.7 Å². The molecule has 0 fully saturated rings. The fraction of sp³-hybridized carbons (Fsp3) is 0.190. The number of nitrogens with one attached hydrogen (secondary N) is 2. The average molecular weight is 394 g/mol. The molecule has 0 atom stereocenters. The Kier molecular flexibility index (Phi) is 5.51. The molecule has 2 aromatic carbocycles. The summed E-state index contributed by atoms with van der Waals surface area (Å²) in [4.78, 5) is 20.7. The van der Waals surface area contributed by atoms with Gasteiger partial charge in [0.15, 0.2) is 11.5 Å². The summed E-state index contributed by atoms with van der Waals surface area (Å²) in [6.45, 7) is 1.46. The highest BCUT2D eigenvalue weighted by atomic mass is 19.1. The summed E-state index contributed by atoms with van der Waals surface area (Å²) >= 11 is 0. The maximum atomic E-state index is 13.6. The van der Waals surface area contributed by atoms with Gasteiger partial charge in [-0.05, 0) is 30.2 Å². The molecule has 7 nitrogen and oxygen atoms in total. The normalized spacial score (nSPS) is 12.3. The Hall–Kier alpha value is -3.68. The van der Waals surface area contributed by atoms with Crippen LogP contribution in [-0.2, 0) is 6.42 Å². The predicted octanol–water partition coefficient (Wildman–Crippen LogP) is 3.29. The zero-order chi connectivity index (χ0) is 20.1. The van der Waals surface area contributed by atoms with Gasteiger partial charge < -0.3 is 20.1 Å². The molecule has 1 amide bonds. The molecule has 0 spiro atoms. The lowest BCUT2D eigenvalue weighted by atomic mass is 10.1. The van der Waals surface area contributed by atoms with Crippen molar-refractivity contribution in [3.05, 3.63) is 71.8 Å². The van der Waals surface area contributed by atoms with Gasteiger partial charge in [-0.25, -0.2) is 14.4 Å². The topological polar surface area (TPSA) is 85.4 Å². The third kappa shape index (κ3) is 4.60. The van der Waals surface area contributed by atoms with Crippen LogP contribution in [0.25, 0.3) is 0 Å². The van der Waals surface area contributed by atoms with Crippen molar-refractivity contribution in [2.24, 2.45) is 0 Å². The first-order valence-corrected chi connectivity index (χ1v) is 9.19. The van der Waals surface area contributed by atoms with Crippen molar-refractivity contribution in [3.63, 3.8) is 0 Å². The smallest absolute Gasteiger partial charge is 0.258 e. The van der Waals surface area contributed by atoms with Crippen molar-refractivity contribution in [1.29, 1.82) is 0 Å². The number of hydrogen-bond acceptors (Lipinski definition) is 6. The zero-order valence-corrected chi connectivity index (χ0v) is 15.5. The Balaban J connectivity index is 1.32. The van der Waals surface area contributed by atoms with E-state index in [1.165, 1.54) is 18.5 Å². The molecular formula is C21H19FN4O3. The van der Waals surface area contributed by atoms with Crippen molar-refractivity contribution in [2.75, 3.05) is 30.4 Å². The van der Waals surface area contributed by atoms with E-state index in [1.54, 1.807) is 36.4 Å². The van der Waals surface area contributed by atoms with Crippen LogP contribution < -0.4 is 20.1 Å². The van der Waals surface area contributed by atoms with E-state index < -0.39 is 0 Å². The van der Waals surface area contributed by atoms with E-state index in [1.807, 2.05) is 0 Å². The standard InChI is InChI=1S/C21H19FN4O3/c22-17-4-2-1-3-14(17)7-8-23-21-24-12-15(13-25-21)20(27)26-16-5-6-18-19(11-16)29-10-9-28-18/h1-6,11-13H,7-10H2,(H,26,27)(H,23,24,25). The zero-order valence-electron chi connectivity index (χ0n) is 15.5. The van der Waals surface area contributed by atoms with Crippen LogP contribution in [0.2, 0.25) is 0 Å². The van der Waals surface area contributed by atoms with E-state index in [4.69, 9.17) is 9.47 Å². The highest BCUT2D eigenvalue weighted by Gasteiger charge is 2.14. The third-order valence-corrected chi connectivity index (χ3v) is 4.35. The molecule has 1 aliphatic heterocycles. The number of aromatic nitrogens is 2. The molecule has 148 valence electrons. The molecule has 3 aromatic rings. The van der Waals surface area contributed by atoms with Gasteiger partial charge in [0.1, 0.15) is 19.0 Å². The first-order chi connectivity index (χ1) is 14.2.